The van der Waals surface area contributed by atoms with Gasteiger partial charge in [0, 0.05) is 25.3 Å². The van der Waals surface area contributed by atoms with Gasteiger partial charge in [0.15, 0.2) is 0 Å². The number of fused-ring (bicyclic) bond motifs is 1. The maximum Gasteiger partial charge on any atom is 0.261 e. The maximum absolute atomic E-state index is 13.4. The van der Waals surface area contributed by atoms with Crippen LogP contribution in [0, 0.1) is 5.82 Å². The van der Waals surface area contributed by atoms with Crippen molar-refractivity contribution >= 4 is 22.5 Å². The summed E-state index contributed by atoms with van der Waals surface area (Å²) in [4.78, 5) is 30.9. The van der Waals surface area contributed by atoms with Crippen LogP contribution in [0.15, 0.2) is 59.7 Å². The van der Waals surface area contributed by atoms with Gasteiger partial charge in [-0.25, -0.2) is 9.37 Å². The lowest BCUT2D eigenvalue weighted by molar-refractivity contribution is -0.121. The fourth-order valence-corrected chi connectivity index (χ4v) is 3.06. The second-order valence-corrected chi connectivity index (χ2v) is 6.46. The van der Waals surface area contributed by atoms with Gasteiger partial charge in [0.1, 0.15) is 12.4 Å². The number of carbonyl (C=O) groups excluding carboxylic acids is 1. The Morgan fingerprint density at radius 1 is 1.21 bits per heavy atom. The first kappa shape index (κ1) is 19.5. The summed E-state index contributed by atoms with van der Waals surface area (Å²) < 4.78 is 14.6. The van der Waals surface area contributed by atoms with E-state index in [1.807, 2.05) is 18.2 Å². The van der Waals surface area contributed by atoms with Gasteiger partial charge in [-0.2, -0.15) is 0 Å². The molecule has 2 aromatic carbocycles. The Balaban J connectivity index is 1.53. The largest absolute Gasteiger partial charge is 0.372 e. The molecule has 0 unspecified atom stereocenters. The first-order chi connectivity index (χ1) is 13.6. The summed E-state index contributed by atoms with van der Waals surface area (Å²) in [5, 5.41) is 2.99. The van der Waals surface area contributed by atoms with Gasteiger partial charge in [-0.1, -0.05) is 18.2 Å². The molecule has 0 saturated carbocycles. The van der Waals surface area contributed by atoms with E-state index in [0.717, 1.165) is 31.3 Å². The van der Waals surface area contributed by atoms with Crippen molar-refractivity contribution in [3.8, 4) is 0 Å². The van der Waals surface area contributed by atoms with Gasteiger partial charge < -0.3 is 10.2 Å². The summed E-state index contributed by atoms with van der Waals surface area (Å²) in [7, 11) is 0. The molecule has 0 aliphatic carbocycles. The molecule has 1 aromatic heterocycles. The fraction of sp³-hybridized carbons (Fsp3) is 0.286. The zero-order valence-corrected chi connectivity index (χ0v) is 15.8. The Bertz CT molecular complexity index is 1000. The van der Waals surface area contributed by atoms with Crippen molar-refractivity contribution in [1.29, 1.82) is 0 Å². The lowest BCUT2D eigenvalue weighted by atomic mass is 10.2. The summed E-state index contributed by atoms with van der Waals surface area (Å²) in [6, 6.07) is 13.9. The van der Waals surface area contributed by atoms with Crippen LogP contribution in [0.5, 0.6) is 0 Å². The Kier molecular flexibility index (Phi) is 6.37. The highest BCUT2D eigenvalue weighted by Crippen LogP contribution is 2.12. The average Bonchev–Trinajstić information content (AvgIpc) is 2.71. The molecule has 1 amide bonds. The summed E-state index contributed by atoms with van der Waals surface area (Å²) in [6.45, 7) is 4.15. The second-order valence-electron chi connectivity index (χ2n) is 6.46. The number of carbonyl (C=O) groups is 1. The number of anilines is 1. The van der Waals surface area contributed by atoms with E-state index in [-0.39, 0.29) is 17.8 Å². The molecule has 0 aliphatic heterocycles. The van der Waals surface area contributed by atoms with Crippen molar-refractivity contribution in [3.05, 3.63) is 71.0 Å². The second kappa shape index (κ2) is 9.12. The third-order valence-electron chi connectivity index (χ3n) is 4.53. The highest BCUT2D eigenvalue weighted by atomic mass is 19.1. The van der Waals surface area contributed by atoms with Crippen LogP contribution in [0.25, 0.3) is 10.9 Å². The van der Waals surface area contributed by atoms with Gasteiger partial charge in [-0.15, -0.1) is 0 Å². The molecule has 0 aliphatic rings. The van der Waals surface area contributed by atoms with Crippen LogP contribution in [0.2, 0.25) is 0 Å². The first-order valence-corrected chi connectivity index (χ1v) is 9.30. The SMILES string of the molecule is CCN(CCCNC(=O)Cn1cnc2ccc(F)cc2c1=O)c1ccccc1. The standard InChI is InChI=1S/C21H23FN4O2/c1-2-25(17-7-4-3-5-8-17)12-6-11-23-20(27)14-26-15-24-19-10-9-16(22)13-18(19)21(26)28/h3-5,7-10,13,15H,2,6,11-12,14H2,1H3,(H,23,27). The number of amides is 1. The molecule has 0 fully saturated rings. The monoisotopic (exact) mass is 382 g/mol. The predicted molar refractivity (Wildman–Crippen MR) is 108 cm³/mol. The Morgan fingerprint density at radius 2 is 2.00 bits per heavy atom. The number of hydrogen-bond acceptors (Lipinski definition) is 4. The number of halogens is 1. The highest BCUT2D eigenvalue weighted by molar-refractivity contribution is 5.79. The molecule has 0 atom stereocenters. The van der Waals surface area contributed by atoms with Crippen LogP contribution >= 0.6 is 0 Å². The van der Waals surface area contributed by atoms with Gasteiger partial charge in [0.05, 0.1) is 17.2 Å². The third-order valence-corrected chi connectivity index (χ3v) is 4.53. The maximum atomic E-state index is 13.4. The molecular formula is C21H23FN4O2. The van der Waals surface area contributed by atoms with Crippen molar-refractivity contribution in [1.82, 2.24) is 14.9 Å². The Labute approximate surface area is 162 Å². The summed E-state index contributed by atoms with van der Waals surface area (Å²) >= 11 is 0. The minimum atomic E-state index is -0.507. The quantitative estimate of drug-likeness (QED) is 0.608. The van der Waals surface area contributed by atoms with E-state index >= 15 is 0 Å². The van der Waals surface area contributed by atoms with Crippen LogP contribution in [-0.2, 0) is 11.3 Å². The fourth-order valence-electron chi connectivity index (χ4n) is 3.06. The van der Waals surface area contributed by atoms with Crippen molar-refractivity contribution in [2.75, 3.05) is 24.5 Å². The number of rotatable bonds is 8. The molecule has 7 heteroatoms. The molecule has 3 aromatic rings. The molecule has 0 radical (unpaired) electrons. The van der Waals surface area contributed by atoms with E-state index in [2.05, 4.69) is 34.3 Å². The van der Waals surface area contributed by atoms with Crippen molar-refractivity contribution in [2.45, 2.75) is 19.9 Å². The van der Waals surface area contributed by atoms with Crippen LogP contribution in [0.3, 0.4) is 0 Å². The molecule has 1 heterocycles. The zero-order valence-electron chi connectivity index (χ0n) is 15.8. The smallest absolute Gasteiger partial charge is 0.261 e. The zero-order chi connectivity index (χ0) is 19.9. The number of aromatic nitrogens is 2. The number of para-hydroxylation sites is 1. The summed E-state index contributed by atoms with van der Waals surface area (Å²) in [5.74, 6) is -0.782. The Morgan fingerprint density at radius 3 is 2.75 bits per heavy atom. The number of nitrogens with zero attached hydrogens (tertiary/aromatic N) is 3. The van der Waals surface area contributed by atoms with Crippen molar-refractivity contribution in [2.24, 2.45) is 0 Å². The van der Waals surface area contributed by atoms with E-state index in [0.29, 0.717) is 12.1 Å². The first-order valence-electron chi connectivity index (χ1n) is 9.30. The van der Waals surface area contributed by atoms with Crippen molar-refractivity contribution < 1.29 is 9.18 Å². The lowest BCUT2D eigenvalue weighted by Gasteiger charge is -2.23. The molecule has 0 spiro atoms. The van der Waals surface area contributed by atoms with Crippen LogP contribution in [-0.4, -0.2) is 35.1 Å². The number of benzene rings is 2. The van der Waals surface area contributed by atoms with Crippen LogP contribution in [0.4, 0.5) is 10.1 Å². The number of nitrogens with one attached hydrogen (secondary N) is 1. The topological polar surface area (TPSA) is 67.2 Å². The normalized spacial score (nSPS) is 10.8. The molecule has 6 nitrogen and oxygen atoms in total. The van der Waals surface area contributed by atoms with Gasteiger partial charge in [0.2, 0.25) is 5.91 Å². The Hall–Kier alpha value is -3.22. The van der Waals surface area contributed by atoms with Gasteiger partial charge in [-0.05, 0) is 43.7 Å². The van der Waals surface area contributed by atoms with Gasteiger partial charge in [0.25, 0.3) is 5.56 Å². The van der Waals surface area contributed by atoms with E-state index in [9.17, 15) is 14.0 Å². The molecule has 0 saturated heterocycles. The van der Waals surface area contributed by atoms with Crippen LogP contribution in [0.1, 0.15) is 13.3 Å². The third kappa shape index (κ3) is 4.73. The molecule has 1 N–H and O–H groups in total. The molecule has 3 rings (SSSR count). The molecular weight excluding hydrogens is 359 g/mol. The van der Waals surface area contributed by atoms with Crippen molar-refractivity contribution in [3.63, 3.8) is 0 Å². The van der Waals surface area contributed by atoms with E-state index in [4.69, 9.17) is 0 Å². The lowest BCUT2D eigenvalue weighted by Crippen LogP contribution is -2.34. The average molecular weight is 382 g/mol. The minimum absolute atomic E-state index is 0.144. The molecule has 0 bridgehead atoms. The minimum Gasteiger partial charge on any atom is -0.372 e. The van der Waals surface area contributed by atoms with E-state index in [1.165, 1.54) is 23.0 Å². The van der Waals surface area contributed by atoms with E-state index in [1.54, 1.807) is 0 Å². The highest BCUT2D eigenvalue weighted by Gasteiger charge is 2.09. The predicted octanol–water partition coefficient (Wildman–Crippen LogP) is 2.57. The molecule has 146 valence electrons. The summed E-state index contributed by atoms with van der Waals surface area (Å²) in [5.41, 5.74) is 1.13. The van der Waals surface area contributed by atoms with Gasteiger partial charge >= 0.3 is 0 Å². The number of hydrogen-bond donors (Lipinski definition) is 1. The van der Waals surface area contributed by atoms with Crippen LogP contribution < -0.4 is 15.8 Å². The summed E-state index contributed by atoms with van der Waals surface area (Å²) in [6.07, 6.45) is 2.10. The molecule has 28 heavy (non-hydrogen) atoms. The van der Waals surface area contributed by atoms with E-state index < -0.39 is 11.4 Å². The van der Waals surface area contributed by atoms with Gasteiger partial charge in [-0.3, -0.25) is 14.2 Å².